The van der Waals surface area contributed by atoms with Gasteiger partial charge in [0.15, 0.2) is 12.1 Å². The average molecular weight is 527 g/mol. The van der Waals surface area contributed by atoms with Crippen molar-refractivity contribution >= 4 is 17.4 Å². The van der Waals surface area contributed by atoms with Crippen LogP contribution in [0.25, 0.3) is 5.70 Å². The number of carbonyl (C=O) groups is 1. The van der Waals surface area contributed by atoms with Gasteiger partial charge in [-0.1, -0.05) is 74.2 Å². The smallest absolute Gasteiger partial charge is 0.333 e. The normalized spacial score (nSPS) is 20.5. The number of nitrogens with zero attached hydrogens (tertiary/aromatic N) is 3. The van der Waals surface area contributed by atoms with Crippen LogP contribution in [0.4, 0.5) is 5.69 Å². The summed E-state index contributed by atoms with van der Waals surface area (Å²) in [5.41, 5.74) is 4.50. The Morgan fingerprint density at radius 1 is 1.18 bits per heavy atom. The number of anilines is 1. The first-order chi connectivity index (χ1) is 19.0. The van der Waals surface area contributed by atoms with Gasteiger partial charge >= 0.3 is 5.97 Å². The van der Waals surface area contributed by atoms with E-state index in [1.165, 1.54) is 4.90 Å². The third-order valence-electron chi connectivity index (χ3n) is 7.28. The molecule has 1 aliphatic heterocycles. The van der Waals surface area contributed by atoms with Crippen LogP contribution in [-0.4, -0.2) is 40.2 Å². The first-order valence-corrected chi connectivity index (χ1v) is 13.8. The number of para-hydroxylation sites is 1. The number of quaternary nitrogens is 1. The Bertz CT molecular complexity index is 1280. The van der Waals surface area contributed by atoms with Gasteiger partial charge in [0, 0.05) is 18.0 Å². The number of rotatable bonds is 11. The summed E-state index contributed by atoms with van der Waals surface area (Å²) < 4.78 is 6.30. The monoisotopic (exact) mass is 526 g/mol. The number of hydrogen-bond donors (Lipinski definition) is 2. The van der Waals surface area contributed by atoms with Crippen molar-refractivity contribution in [2.45, 2.75) is 52.3 Å². The predicted molar refractivity (Wildman–Crippen MR) is 156 cm³/mol. The number of nitrogens with one attached hydrogen (secondary N) is 2. The van der Waals surface area contributed by atoms with Gasteiger partial charge in [-0.15, -0.1) is 5.10 Å². The number of aromatic nitrogens is 3. The molecule has 4 rings (SSSR count). The molecule has 2 N–H and O–H groups in total. The maximum absolute atomic E-state index is 13.7. The quantitative estimate of drug-likeness (QED) is 0.278. The van der Waals surface area contributed by atoms with Crippen LogP contribution in [0.15, 0.2) is 91.5 Å². The summed E-state index contributed by atoms with van der Waals surface area (Å²) in [7, 11) is 0. The van der Waals surface area contributed by atoms with Gasteiger partial charge in [-0.25, -0.2) is 4.79 Å². The van der Waals surface area contributed by atoms with Gasteiger partial charge < -0.3 is 15.0 Å². The van der Waals surface area contributed by atoms with Crippen LogP contribution in [0.5, 0.6) is 0 Å². The SMILES string of the molecule is C=C/C=C(\C=C/C)n1nc(C)c(C[NH+]2CCC(CC)[C@@H](OC(=O)[C@H](Nc3ccccc3)c3ccccc3)C2)n1. The maximum atomic E-state index is 13.7. The highest BCUT2D eigenvalue weighted by Crippen LogP contribution is 2.25. The molecule has 2 unspecified atom stereocenters. The molecule has 2 aromatic carbocycles. The van der Waals surface area contributed by atoms with Crippen LogP contribution in [0.2, 0.25) is 0 Å². The molecule has 0 amide bonds. The fraction of sp³-hybridized carbons (Fsp3) is 0.344. The second-order valence-corrected chi connectivity index (χ2v) is 10.0. The van der Waals surface area contributed by atoms with Crippen LogP contribution in [0, 0.1) is 12.8 Å². The van der Waals surface area contributed by atoms with E-state index >= 15 is 0 Å². The number of allylic oxidation sites excluding steroid dienone is 5. The number of carbonyl (C=O) groups excluding carboxylic acids is 1. The topological polar surface area (TPSA) is 73.5 Å². The van der Waals surface area contributed by atoms with Crippen molar-refractivity contribution in [3.63, 3.8) is 0 Å². The molecule has 1 aliphatic rings. The molecule has 4 atom stereocenters. The minimum Gasteiger partial charge on any atom is -0.454 e. The molecule has 0 bridgehead atoms. The lowest BCUT2D eigenvalue weighted by atomic mass is 9.91. The van der Waals surface area contributed by atoms with E-state index in [9.17, 15) is 4.79 Å². The predicted octanol–water partition coefficient (Wildman–Crippen LogP) is 4.77. The molecular formula is C32H40N5O2+. The van der Waals surface area contributed by atoms with Crippen molar-refractivity contribution in [2.75, 3.05) is 18.4 Å². The summed E-state index contributed by atoms with van der Waals surface area (Å²) in [5.74, 6) is 0.0851. The zero-order chi connectivity index (χ0) is 27.6. The Kier molecular flexibility index (Phi) is 9.86. The van der Waals surface area contributed by atoms with Crippen molar-refractivity contribution in [1.82, 2.24) is 15.0 Å². The third-order valence-corrected chi connectivity index (χ3v) is 7.28. The van der Waals surface area contributed by atoms with E-state index in [0.717, 1.165) is 60.8 Å². The van der Waals surface area contributed by atoms with Crippen LogP contribution in [0.3, 0.4) is 0 Å². The van der Waals surface area contributed by atoms with Gasteiger partial charge in [0.25, 0.3) is 0 Å². The Hall–Kier alpha value is -3.97. The Balaban J connectivity index is 1.49. The second kappa shape index (κ2) is 13.7. The molecule has 2 heterocycles. The van der Waals surface area contributed by atoms with E-state index in [-0.39, 0.29) is 12.1 Å². The number of likely N-dealkylation sites (tertiary alicyclic amines) is 1. The Morgan fingerprint density at radius 3 is 2.56 bits per heavy atom. The van der Waals surface area contributed by atoms with Crippen molar-refractivity contribution in [1.29, 1.82) is 0 Å². The van der Waals surface area contributed by atoms with E-state index in [1.54, 1.807) is 10.9 Å². The standard InChI is InChI=1S/C32H39N5O2/c1-5-14-28(15-6-2)37-34-24(4)29(35-37)22-36-21-20-25(7-3)30(23-36)39-32(38)31(26-16-10-8-11-17-26)33-27-18-12-9-13-19-27/h5-6,8-19,25,30-31,33H,1,7,20-23H2,2-4H3/p+1/b15-6-,28-14+/t25?,30-,31+/m0/s1. The fourth-order valence-electron chi connectivity index (χ4n) is 5.14. The lowest BCUT2D eigenvalue weighted by Crippen LogP contribution is -3.13. The molecule has 7 nitrogen and oxygen atoms in total. The molecule has 1 fully saturated rings. The minimum atomic E-state index is -0.583. The molecule has 204 valence electrons. The minimum absolute atomic E-state index is 0.162. The Labute approximate surface area is 231 Å². The summed E-state index contributed by atoms with van der Waals surface area (Å²) in [6.07, 6.45) is 9.37. The third kappa shape index (κ3) is 7.33. The van der Waals surface area contributed by atoms with E-state index in [2.05, 4.69) is 23.9 Å². The van der Waals surface area contributed by atoms with Crippen LogP contribution in [-0.2, 0) is 16.1 Å². The number of ether oxygens (including phenoxy) is 1. The zero-order valence-corrected chi connectivity index (χ0v) is 23.2. The molecule has 0 saturated carbocycles. The summed E-state index contributed by atoms with van der Waals surface area (Å²) in [6.45, 7) is 12.4. The number of benzene rings is 2. The number of esters is 1. The van der Waals surface area contributed by atoms with Crippen molar-refractivity contribution in [3.05, 3.63) is 108 Å². The van der Waals surface area contributed by atoms with E-state index < -0.39 is 6.04 Å². The first kappa shape index (κ1) is 28.0. The Morgan fingerprint density at radius 2 is 1.90 bits per heavy atom. The van der Waals surface area contributed by atoms with Crippen molar-refractivity contribution < 1.29 is 14.4 Å². The highest BCUT2D eigenvalue weighted by molar-refractivity contribution is 5.81. The zero-order valence-electron chi connectivity index (χ0n) is 23.2. The highest BCUT2D eigenvalue weighted by Gasteiger charge is 2.36. The number of hydrogen-bond acceptors (Lipinski definition) is 5. The molecule has 1 saturated heterocycles. The first-order valence-electron chi connectivity index (χ1n) is 13.8. The van der Waals surface area contributed by atoms with Gasteiger partial charge in [0.05, 0.1) is 17.9 Å². The summed E-state index contributed by atoms with van der Waals surface area (Å²) in [4.78, 5) is 16.7. The molecule has 0 radical (unpaired) electrons. The van der Waals surface area contributed by atoms with Crippen LogP contribution < -0.4 is 10.2 Å². The van der Waals surface area contributed by atoms with Crippen LogP contribution in [0.1, 0.15) is 49.7 Å². The number of piperidine rings is 1. The molecule has 3 aromatic rings. The number of aryl methyl sites for hydroxylation is 1. The van der Waals surface area contributed by atoms with Gasteiger partial charge in [0.2, 0.25) is 0 Å². The van der Waals surface area contributed by atoms with Gasteiger partial charge in [-0.05, 0) is 50.1 Å². The van der Waals surface area contributed by atoms with E-state index in [1.807, 2.05) is 92.7 Å². The maximum Gasteiger partial charge on any atom is 0.333 e. The lowest BCUT2D eigenvalue weighted by Gasteiger charge is -2.35. The molecule has 0 aliphatic carbocycles. The van der Waals surface area contributed by atoms with Crippen molar-refractivity contribution in [3.8, 4) is 0 Å². The summed E-state index contributed by atoms with van der Waals surface area (Å²) in [5, 5.41) is 12.8. The second-order valence-electron chi connectivity index (χ2n) is 10.0. The highest BCUT2D eigenvalue weighted by atomic mass is 16.5. The molecule has 1 aromatic heterocycles. The van der Waals surface area contributed by atoms with Crippen LogP contribution >= 0.6 is 0 Å². The average Bonchev–Trinajstić information content (AvgIpc) is 3.32. The fourth-order valence-corrected chi connectivity index (χ4v) is 5.14. The lowest BCUT2D eigenvalue weighted by molar-refractivity contribution is -0.923. The van der Waals surface area contributed by atoms with Gasteiger partial charge in [-0.3, -0.25) is 0 Å². The van der Waals surface area contributed by atoms with Crippen molar-refractivity contribution in [2.24, 2.45) is 5.92 Å². The van der Waals surface area contributed by atoms with Gasteiger partial charge in [0.1, 0.15) is 18.8 Å². The van der Waals surface area contributed by atoms with E-state index in [4.69, 9.17) is 9.84 Å². The summed E-state index contributed by atoms with van der Waals surface area (Å²) in [6, 6.07) is 19.0. The molecule has 39 heavy (non-hydrogen) atoms. The molecular weight excluding hydrogens is 486 g/mol. The largest absolute Gasteiger partial charge is 0.454 e. The molecule has 7 heteroatoms. The summed E-state index contributed by atoms with van der Waals surface area (Å²) >= 11 is 0. The van der Waals surface area contributed by atoms with Gasteiger partial charge in [-0.2, -0.15) is 9.90 Å². The van der Waals surface area contributed by atoms with E-state index in [0.29, 0.717) is 5.92 Å². The molecule has 0 spiro atoms.